The molecule has 1 aliphatic carbocycles. The average Bonchev–Trinajstić information content (AvgIpc) is 3.18. The molecule has 1 aromatic heterocycles. The lowest BCUT2D eigenvalue weighted by molar-refractivity contribution is 0.104. The number of hydrogen-bond acceptors (Lipinski definition) is 5. The molecule has 21 heavy (non-hydrogen) atoms. The third-order valence-electron chi connectivity index (χ3n) is 4.17. The van der Waals surface area contributed by atoms with E-state index in [1.54, 1.807) is 0 Å². The molecule has 1 fully saturated rings. The summed E-state index contributed by atoms with van der Waals surface area (Å²) in [5.41, 5.74) is 6.58. The zero-order valence-electron chi connectivity index (χ0n) is 12.1. The van der Waals surface area contributed by atoms with Crippen LogP contribution in [-0.4, -0.2) is 23.3 Å². The quantitative estimate of drug-likeness (QED) is 0.826. The van der Waals surface area contributed by atoms with Crippen molar-refractivity contribution in [2.45, 2.75) is 37.7 Å². The minimum atomic E-state index is -0.100. The van der Waals surface area contributed by atoms with Crippen LogP contribution in [0.5, 0.6) is 0 Å². The van der Waals surface area contributed by atoms with Crippen LogP contribution in [0.4, 0.5) is 0 Å². The van der Waals surface area contributed by atoms with E-state index >= 15 is 0 Å². The Morgan fingerprint density at radius 2 is 1.95 bits per heavy atom. The molecular weight excluding hydrogens is 266 g/mol. The fourth-order valence-corrected chi connectivity index (χ4v) is 3.13. The van der Waals surface area contributed by atoms with Gasteiger partial charge in [0, 0.05) is 6.54 Å². The lowest BCUT2D eigenvalue weighted by Crippen LogP contribution is -2.25. The number of rotatable bonds is 6. The van der Waals surface area contributed by atoms with Crippen LogP contribution in [0.15, 0.2) is 34.9 Å². The predicted molar refractivity (Wildman–Crippen MR) is 78.7 cm³/mol. The van der Waals surface area contributed by atoms with Gasteiger partial charge in [0.1, 0.15) is 6.61 Å². The molecule has 1 aromatic carbocycles. The van der Waals surface area contributed by atoms with Crippen LogP contribution in [0.2, 0.25) is 0 Å². The molecule has 1 saturated carbocycles. The molecule has 0 unspecified atom stereocenters. The number of nitrogens with zero attached hydrogens (tertiary/aromatic N) is 2. The third kappa shape index (κ3) is 2.84. The van der Waals surface area contributed by atoms with Crippen molar-refractivity contribution >= 4 is 0 Å². The summed E-state index contributed by atoms with van der Waals surface area (Å²) in [7, 11) is 0. The molecule has 3 rings (SSSR count). The fraction of sp³-hybridized carbons (Fsp3) is 0.500. The Hall–Kier alpha value is -1.72. The second-order valence-corrected chi connectivity index (χ2v) is 5.51. The molecule has 0 spiro atoms. The van der Waals surface area contributed by atoms with Crippen LogP contribution in [-0.2, 0) is 16.8 Å². The molecule has 1 aliphatic rings. The van der Waals surface area contributed by atoms with E-state index < -0.39 is 0 Å². The number of nitrogens with two attached hydrogens (primary N) is 1. The van der Waals surface area contributed by atoms with Gasteiger partial charge in [-0.2, -0.15) is 4.98 Å². The van der Waals surface area contributed by atoms with E-state index in [1.807, 2.05) is 6.07 Å². The summed E-state index contributed by atoms with van der Waals surface area (Å²) >= 11 is 0. The molecule has 0 atom stereocenters. The minimum Gasteiger partial charge on any atom is -0.370 e. The highest BCUT2D eigenvalue weighted by molar-refractivity contribution is 5.33. The van der Waals surface area contributed by atoms with E-state index in [0.717, 1.165) is 18.7 Å². The highest BCUT2D eigenvalue weighted by Gasteiger charge is 2.41. The monoisotopic (exact) mass is 287 g/mol. The molecule has 5 heteroatoms. The first kappa shape index (κ1) is 14.2. The normalized spacial score (nSPS) is 17.2. The molecule has 1 heterocycles. The Labute approximate surface area is 124 Å². The smallest absolute Gasteiger partial charge is 0.252 e. The molecule has 112 valence electrons. The molecular formula is C16H21N3O2. The van der Waals surface area contributed by atoms with Gasteiger partial charge in [-0.3, -0.25) is 0 Å². The largest absolute Gasteiger partial charge is 0.370 e. The van der Waals surface area contributed by atoms with Crippen molar-refractivity contribution in [3.8, 4) is 0 Å². The summed E-state index contributed by atoms with van der Waals surface area (Å²) in [5.74, 6) is 1.32. The maximum Gasteiger partial charge on any atom is 0.252 e. The maximum absolute atomic E-state index is 5.40. The van der Waals surface area contributed by atoms with Crippen LogP contribution in [0.1, 0.15) is 43.0 Å². The molecule has 5 nitrogen and oxygen atoms in total. The third-order valence-corrected chi connectivity index (χ3v) is 4.17. The lowest BCUT2D eigenvalue weighted by atomic mass is 9.78. The van der Waals surface area contributed by atoms with Crippen LogP contribution >= 0.6 is 0 Å². The van der Waals surface area contributed by atoms with Crippen LogP contribution < -0.4 is 5.73 Å². The Kier molecular flexibility index (Phi) is 4.31. The Morgan fingerprint density at radius 3 is 2.67 bits per heavy atom. The van der Waals surface area contributed by atoms with Crippen molar-refractivity contribution < 1.29 is 9.26 Å². The highest BCUT2D eigenvalue weighted by atomic mass is 16.5. The van der Waals surface area contributed by atoms with Crippen molar-refractivity contribution in [2.75, 3.05) is 13.2 Å². The molecule has 0 radical (unpaired) electrons. The second kappa shape index (κ2) is 6.37. The maximum atomic E-state index is 5.40. The molecule has 2 aromatic rings. The summed E-state index contributed by atoms with van der Waals surface area (Å²) < 4.78 is 10.7. The van der Waals surface area contributed by atoms with Crippen molar-refractivity contribution in [2.24, 2.45) is 5.73 Å². The van der Waals surface area contributed by atoms with Crippen LogP contribution in [0.3, 0.4) is 0 Å². The van der Waals surface area contributed by atoms with Gasteiger partial charge in [0.05, 0.1) is 12.0 Å². The first-order valence-corrected chi connectivity index (χ1v) is 7.51. The van der Waals surface area contributed by atoms with Gasteiger partial charge in [0.25, 0.3) is 5.89 Å². The zero-order valence-corrected chi connectivity index (χ0v) is 12.1. The van der Waals surface area contributed by atoms with Crippen molar-refractivity contribution in [1.29, 1.82) is 0 Å². The Balaban J connectivity index is 1.85. The summed E-state index contributed by atoms with van der Waals surface area (Å²) in [6, 6.07) is 10.5. The second-order valence-electron chi connectivity index (χ2n) is 5.51. The zero-order chi connectivity index (χ0) is 14.5. The number of ether oxygens (including phenoxy) is 1. The van der Waals surface area contributed by atoms with Gasteiger partial charge >= 0.3 is 0 Å². The van der Waals surface area contributed by atoms with Gasteiger partial charge in [-0.25, -0.2) is 0 Å². The number of hydrogen-bond donors (Lipinski definition) is 1. The first-order valence-electron chi connectivity index (χ1n) is 7.51. The number of benzene rings is 1. The van der Waals surface area contributed by atoms with E-state index in [4.69, 9.17) is 15.0 Å². The summed E-state index contributed by atoms with van der Waals surface area (Å²) in [4.78, 5) is 4.57. The van der Waals surface area contributed by atoms with Gasteiger partial charge in [-0.15, -0.1) is 0 Å². The van der Waals surface area contributed by atoms with Gasteiger partial charge in [0.15, 0.2) is 5.82 Å². The van der Waals surface area contributed by atoms with Crippen LogP contribution in [0.25, 0.3) is 0 Å². The topological polar surface area (TPSA) is 74.2 Å². The van der Waals surface area contributed by atoms with Crippen molar-refractivity contribution in [1.82, 2.24) is 10.1 Å². The molecule has 2 N–H and O–H groups in total. The van der Waals surface area contributed by atoms with E-state index in [9.17, 15) is 0 Å². The summed E-state index contributed by atoms with van der Waals surface area (Å²) in [5, 5.41) is 4.23. The highest BCUT2D eigenvalue weighted by Crippen LogP contribution is 2.45. The van der Waals surface area contributed by atoms with Crippen LogP contribution in [0, 0.1) is 0 Å². The Bertz CT molecular complexity index is 562. The molecule has 0 aliphatic heterocycles. The van der Waals surface area contributed by atoms with Gasteiger partial charge in [0.2, 0.25) is 0 Å². The summed E-state index contributed by atoms with van der Waals surface area (Å²) in [6.45, 7) is 1.32. The standard InChI is InChI=1S/C16H21N3O2/c17-10-11-20-12-14-18-15(19-21-14)16(8-4-5-9-16)13-6-2-1-3-7-13/h1-3,6-7H,4-5,8-12,17H2. The SMILES string of the molecule is NCCOCc1nc(C2(c3ccccc3)CCCC2)no1. The van der Waals surface area contributed by atoms with Gasteiger partial charge in [-0.05, 0) is 18.4 Å². The van der Waals surface area contributed by atoms with Crippen molar-refractivity contribution in [3.05, 3.63) is 47.6 Å². The van der Waals surface area contributed by atoms with Crippen molar-refractivity contribution in [3.63, 3.8) is 0 Å². The van der Waals surface area contributed by atoms with Gasteiger partial charge in [-0.1, -0.05) is 48.3 Å². The Morgan fingerprint density at radius 1 is 1.19 bits per heavy atom. The fourth-order valence-electron chi connectivity index (χ4n) is 3.13. The minimum absolute atomic E-state index is 0.100. The van der Waals surface area contributed by atoms with E-state index in [-0.39, 0.29) is 5.41 Å². The average molecular weight is 287 g/mol. The van der Waals surface area contributed by atoms with Gasteiger partial charge < -0.3 is 15.0 Å². The predicted octanol–water partition coefficient (Wildman–Crippen LogP) is 2.41. The molecule has 0 amide bonds. The van der Waals surface area contributed by atoms with E-state index in [0.29, 0.717) is 25.6 Å². The molecule has 0 bridgehead atoms. The van der Waals surface area contributed by atoms with E-state index in [2.05, 4.69) is 34.4 Å². The first-order chi connectivity index (χ1) is 10.3. The number of aromatic nitrogens is 2. The summed E-state index contributed by atoms with van der Waals surface area (Å²) in [6.07, 6.45) is 4.53. The lowest BCUT2D eigenvalue weighted by Gasteiger charge is -2.25. The van der Waals surface area contributed by atoms with E-state index in [1.165, 1.54) is 18.4 Å². The molecule has 0 saturated heterocycles.